The van der Waals surface area contributed by atoms with Crippen LogP contribution in [0.4, 0.5) is 0 Å². The Morgan fingerprint density at radius 3 is 2.00 bits per heavy atom. The maximum absolute atomic E-state index is 10.7. The van der Waals surface area contributed by atoms with Gasteiger partial charge >= 0.3 is 0 Å². The lowest BCUT2D eigenvalue weighted by Gasteiger charge is -2.22. The molecule has 5 heteroatoms. The van der Waals surface area contributed by atoms with Gasteiger partial charge < -0.3 is 4.48 Å². The predicted molar refractivity (Wildman–Crippen MR) is 50.2 cm³/mol. The summed E-state index contributed by atoms with van der Waals surface area (Å²) in [5, 5.41) is 0. The lowest BCUT2D eigenvalue weighted by atomic mass is 10.6. The Labute approximate surface area is 72.7 Å². The van der Waals surface area contributed by atoms with Gasteiger partial charge in [0, 0.05) is 6.26 Å². The van der Waals surface area contributed by atoms with Gasteiger partial charge in [0.2, 0.25) is 0 Å². The average Bonchev–Trinajstić information content (AvgIpc) is 1.55. The molecule has 68 valence electrons. The van der Waals surface area contributed by atoms with E-state index in [9.17, 15) is 8.42 Å². The second-order valence-electron chi connectivity index (χ2n) is 3.54. The quantitative estimate of drug-likeness (QED) is 0.484. The normalized spacial score (nSPS) is 13.5. The topological polar surface area (TPSA) is 34.1 Å². The molecular weight excluding hydrogens is 182 g/mol. The summed E-state index contributed by atoms with van der Waals surface area (Å²) in [6.07, 6.45) is 1.24. The monoisotopic (exact) mass is 198 g/mol. The first kappa shape index (κ1) is 11.3. The van der Waals surface area contributed by atoms with Crippen molar-refractivity contribution in [1.29, 1.82) is 0 Å². The van der Waals surface area contributed by atoms with E-state index >= 15 is 0 Å². The Morgan fingerprint density at radius 2 is 1.73 bits per heavy atom. The zero-order valence-electron chi connectivity index (χ0n) is 7.49. The summed E-state index contributed by atoms with van der Waals surface area (Å²) in [7, 11) is 4.31. The SMILES string of the molecule is C[N+](C)(C)CCSS(C)(=O)=O. The lowest BCUT2D eigenvalue weighted by molar-refractivity contribution is -0.867. The number of hydrogen-bond acceptors (Lipinski definition) is 3. The molecule has 0 rings (SSSR count). The van der Waals surface area contributed by atoms with E-state index in [1.807, 2.05) is 21.1 Å². The van der Waals surface area contributed by atoms with E-state index in [4.69, 9.17) is 0 Å². The molecule has 0 aromatic rings. The first-order chi connectivity index (χ1) is 4.71. The Balaban J connectivity index is 3.61. The third-order valence-corrected chi connectivity index (χ3v) is 3.62. The molecule has 0 radical (unpaired) electrons. The molecule has 0 fully saturated rings. The van der Waals surface area contributed by atoms with Gasteiger partial charge in [0.25, 0.3) is 0 Å². The molecule has 11 heavy (non-hydrogen) atoms. The summed E-state index contributed by atoms with van der Waals surface area (Å²) in [6.45, 7) is 0.873. The van der Waals surface area contributed by atoms with Gasteiger partial charge in [-0.1, -0.05) is 0 Å². The molecular formula is C6H16NO2S2+. The van der Waals surface area contributed by atoms with Crippen molar-refractivity contribution in [3.63, 3.8) is 0 Å². The minimum Gasteiger partial charge on any atom is -0.330 e. The van der Waals surface area contributed by atoms with Crippen molar-refractivity contribution in [2.75, 3.05) is 39.7 Å². The fraction of sp³-hybridized carbons (Fsp3) is 1.00. The first-order valence-corrected chi connectivity index (χ1v) is 6.75. The molecule has 0 saturated heterocycles. The Kier molecular flexibility index (Phi) is 3.87. The third-order valence-electron chi connectivity index (χ3n) is 1.06. The third kappa shape index (κ3) is 10.3. The van der Waals surface area contributed by atoms with E-state index in [-0.39, 0.29) is 0 Å². The molecule has 0 spiro atoms. The highest BCUT2D eigenvalue weighted by Crippen LogP contribution is 2.09. The highest BCUT2D eigenvalue weighted by atomic mass is 33.1. The fourth-order valence-electron chi connectivity index (χ4n) is 0.463. The van der Waals surface area contributed by atoms with Crippen LogP contribution in [0.15, 0.2) is 0 Å². The molecule has 0 aromatic carbocycles. The minimum atomic E-state index is -2.84. The molecule has 0 aliphatic carbocycles. The van der Waals surface area contributed by atoms with Crippen LogP contribution in [-0.4, -0.2) is 52.6 Å². The molecule has 0 aliphatic rings. The smallest absolute Gasteiger partial charge is 0.198 e. The molecule has 0 N–H and O–H groups in total. The Morgan fingerprint density at radius 1 is 1.27 bits per heavy atom. The van der Waals surface area contributed by atoms with Crippen molar-refractivity contribution in [2.24, 2.45) is 0 Å². The van der Waals surface area contributed by atoms with Crippen molar-refractivity contribution in [3.05, 3.63) is 0 Å². The van der Waals surface area contributed by atoms with Crippen molar-refractivity contribution >= 4 is 19.7 Å². The molecule has 0 aliphatic heterocycles. The Bertz CT molecular complexity index is 203. The van der Waals surface area contributed by atoms with E-state index in [0.717, 1.165) is 21.8 Å². The predicted octanol–water partition coefficient (Wildman–Crippen LogP) is 0.385. The fourth-order valence-corrected chi connectivity index (χ4v) is 2.52. The molecule has 0 unspecified atom stereocenters. The van der Waals surface area contributed by atoms with E-state index in [1.54, 1.807) is 0 Å². The molecule has 0 atom stereocenters. The number of hydrogen-bond donors (Lipinski definition) is 0. The van der Waals surface area contributed by atoms with Crippen LogP contribution in [0.3, 0.4) is 0 Å². The van der Waals surface area contributed by atoms with Crippen LogP contribution in [0.2, 0.25) is 0 Å². The number of nitrogens with zero attached hydrogens (tertiary/aromatic N) is 1. The van der Waals surface area contributed by atoms with Gasteiger partial charge in [-0.2, -0.15) is 0 Å². The maximum Gasteiger partial charge on any atom is 0.198 e. The van der Waals surface area contributed by atoms with Crippen LogP contribution >= 0.6 is 10.8 Å². The first-order valence-electron chi connectivity index (χ1n) is 3.35. The number of rotatable bonds is 4. The van der Waals surface area contributed by atoms with Crippen LogP contribution in [0.5, 0.6) is 0 Å². The molecule has 0 saturated carbocycles. The summed E-state index contributed by atoms with van der Waals surface area (Å²) in [6, 6.07) is 0. The number of quaternary nitrogens is 1. The van der Waals surface area contributed by atoms with E-state index in [2.05, 4.69) is 0 Å². The average molecular weight is 198 g/mol. The van der Waals surface area contributed by atoms with Crippen LogP contribution in [0.25, 0.3) is 0 Å². The molecule has 0 bridgehead atoms. The van der Waals surface area contributed by atoms with Crippen molar-refractivity contribution in [1.82, 2.24) is 0 Å². The summed E-state index contributed by atoms with van der Waals surface area (Å²) in [5.74, 6) is 0.669. The summed E-state index contributed by atoms with van der Waals surface area (Å²) in [5.41, 5.74) is 0. The molecule has 3 nitrogen and oxygen atoms in total. The van der Waals surface area contributed by atoms with Gasteiger partial charge in [-0.15, -0.1) is 0 Å². The largest absolute Gasteiger partial charge is 0.330 e. The molecule has 0 aromatic heterocycles. The van der Waals surface area contributed by atoms with Crippen molar-refractivity contribution in [2.45, 2.75) is 0 Å². The van der Waals surface area contributed by atoms with Crippen molar-refractivity contribution < 1.29 is 12.9 Å². The molecule has 0 heterocycles. The van der Waals surface area contributed by atoms with Crippen LogP contribution in [0, 0.1) is 0 Å². The summed E-state index contributed by atoms with van der Waals surface area (Å²) < 4.78 is 22.2. The van der Waals surface area contributed by atoms with Crippen LogP contribution < -0.4 is 0 Å². The van der Waals surface area contributed by atoms with Gasteiger partial charge in [-0.05, 0) is 10.8 Å². The second kappa shape index (κ2) is 3.78. The Hall–Kier alpha value is 0.260. The molecule has 0 amide bonds. The second-order valence-corrected chi connectivity index (χ2v) is 8.12. The van der Waals surface area contributed by atoms with Gasteiger partial charge in [-0.3, -0.25) is 0 Å². The summed E-state index contributed by atoms with van der Waals surface area (Å²) >= 11 is 0. The van der Waals surface area contributed by atoms with Gasteiger partial charge in [0.05, 0.1) is 33.4 Å². The standard InChI is InChI=1S/C6H16NO2S2/c1-7(2,3)5-6-10-11(4,8)9/h5-6H2,1-4H3/q+1. The van der Waals surface area contributed by atoms with Crippen LogP contribution in [0.1, 0.15) is 0 Å². The zero-order valence-corrected chi connectivity index (χ0v) is 9.13. The van der Waals surface area contributed by atoms with Gasteiger partial charge in [-0.25, -0.2) is 8.42 Å². The lowest BCUT2D eigenvalue weighted by Crippen LogP contribution is -2.36. The van der Waals surface area contributed by atoms with E-state index < -0.39 is 8.87 Å². The van der Waals surface area contributed by atoms with E-state index in [1.165, 1.54) is 6.26 Å². The van der Waals surface area contributed by atoms with Gasteiger partial charge in [0.1, 0.15) is 0 Å². The highest BCUT2D eigenvalue weighted by molar-refractivity contribution is 8.71. The highest BCUT2D eigenvalue weighted by Gasteiger charge is 2.09. The zero-order chi connectivity index (χ0) is 9.12. The van der Waals surface area contributed by atoms with E-state index in [0.29, 0.717) is 5.75 Å². The van der Waals surface area contributed by atoms with Crippen molar-refractivity contribution in [3.8, 4) is 0 Å². The van der Waals surface area contributed by atoms with Crippen LogP contribution in [-0.2, 0) is 8.87 Å². The maximum atomic E-state index is 10.7. The van der Waals surface area contributed by atoms with Gasteiger partial charge in [0.15, 0.2) is 8.87 Å². The summed E-state index contributed by atoms with van der Waals surface area (Å²) in [4.78, 5) is 0. The minimum absolute atomic E-state index is 0.669.